The first kappa shape index (κ1) is 11.5. The van der Waals surface area contributed by atoms with E-state index in [0.29, 0.717) is 0 Å². The molecule has 1 aliphatic heterocycles. The molecular formula is C13H14N4S. The number of anilines is 2. The number of aromatic nitrogens is 2. The predicted octanol–water partition coefficient (Wildman–Crippen LogP) is 2.75. The second-order valence-corrected chi connectivity index (χ2v) is 5.54. The summed E-state index contributed by atoms with van der Waals surface area (Å²) in [6.45, 7) is 0.946. The summed E-state index contributed by atoms with van der Waals surface area (Å²) in [5.74, 6) is 0.843. The van der Waals surface area contributed by atoms with Crippen molar-refractivity contribution >= 4 is 23.3 Å². The molecule has 0 spiro atoms. The molecule has 92 valence electrons. The van der Waals surface area contributed by atoms with Crippen molar-refractivity contribution in [3.8, 4) is 0 Å². The van der Waals surface area contributed by atoms with Gasteiger partial charge in [-0.05, 0) is 31.8 Å². The van der Waals surface area contributed by atoms with Crippen molar-refractivity contribution in [1.82, 2.24) is 14.9 Å². The van der Waals surface area contributed by atoms with E-state index in [2.05, 4.69) is 52.5 Å². The summed E-state index contributed by atoms with van der Waals surface area (Å²) in [5, 5.41) is 4.25. The molecule has 0 saturated carbocycles. The Labute approximate surface area is 110 Å². The summed E-state index contributed by atoms with van der Waals surface area (Å²) in [4.78, 5) is 12.0. The minimum absolute atomic E-state index is 0.843. The fourth-order valence-electron chi connectivity index (χ4n) is 1.94. The summed E-state index contributed by atoms with van der Waals surface area (Å²) in [6.07, 6.45) is 3.43. The van der Waals surface area contributed by atoms with Gasteiger partial charge in [-0.3, -0.25) is 0 Å². The van der Waals surface area contributed by atoms with Crippen LogP contribution in [0.4, 0.5) is 11.5 Å². The molecule has 0 saturated heterocycles. The van der Waals surface area contributed by atoms with Gasteiger partial charge < -0.3 is 10.2 Å². The predicted molar refractivity (Wildman–Crippen MR) is 73.3 cm³/mol. The van der Waals surface area contributed by atoms with E-state index in [1.165, 1.54) is 10.5 Å². The summed E-state index contributed by atoms with van der Waals surface area (Å²) in [7, 11) is 4.15. The first-order valence-corrected chi connectivity index (χ1v) is 6.57. The Balaban J connectivity index is 1.93. The maximum atomic E-state index is 4.34. The lowest BCUT2D eigenvalue weighted by molar-refractivity contribution is 0.402. The first-order valence-electron chi connectivity index (χ1n) is 5.76. The van der Waals surface area contributed by atoms with Crippen LogP contribution in [0.25, 0.3) is 0 Å². The normalized spacial score (nSPS) is 12.8. The van der Waals surface area contributed by atoms with Gasteiger partial charge in [0.2, 0.25) is 0 Å². The smallest absolute Gasteiger partial charge is 0.163 e. The molecule has 1 aromatic carbocycles. The molecule has 0 amide bonds. The van der Waals surface area contributed by atoms with Crippen LogP contribution in [0, 0.1) is 0 Å². The third kappa shape index (κ3) is 2.19. The van der Waals surface area contributed by atoms with Crippen molar-refractivity contribution in [3.05, 3.63) is 36.2 Å². The number of hydrogen-bond acceptors (Lipinski definition) is 5. The van der Waals surface area contributed by atoms with Crippen molar-refractivity contribution in [2.75, 3.05) is 19.4 Å². The molecule has 5 heteroatoms. The number of hydrogen-bond donors (Lipinski definition) is 1. The van der Waals surface area contributed by atoms with E-state index in [0.717, 1.165) is 23.1 Å². The van der Waals surface area contributed by atoms with E-state index in [4.69, 9.17) is 0 Å². The molecule has 3 rings (SSSR count). The van der Waals surface area contributed by atoms with Crippen LogP contribution < -0.4 is 5.32 Å². The molecule has 18 heavy (non-hydrogen) atoms. The van der Waals surface area contributed by atoms with Crippen molar-refractivity contribution < 1.29 is 0 Å². The van der Waals surface area contributed by atoms with E-state index in [9.17, 15) is 0 Å². The zero-order valence-corrected chi connectivity index (χ0v) is 11.2. The monoisotopic (exact) mass is 258 g/mol. The van der Waals surface area contributed by atoms with Crippen molar-refractivity contribution in [2.45, 2.75) is 16.5 Å². The average molecular weight is 258 g/mol. The van der Waals surface area contributed by atoms with Gasteiger partial charge in [0.1, 0.15) is 5.03 Å². The molecule has 0 unspecified atom stereocenters. The number of fused-ring (bicyclic) bond motifs is 2. The van der Waals surface area contributed by atoms with Crippen LogP contribution in [0.1, 0.15) is 5.56 Å². The molecule has 0 fully saturated rings. The second-order valence-electron chi connectivity index (χ2n) is 4.51. The van der Waals surface area contributed by atoms with E-state index in [-0.39, 0.29) is 0 Å². The highest BCUT2D eigenvalue weighted by Crippen LogP contribution is 2.42. The number of rotatable bonds is 2. The minimum atomic E-state index is 0.843. The molecule has 0 radical (unpaired) electrons. The molecule has 0 bridgehead atoms. The standard InChI is InChI=1S/C13H14N4S/c1-17(2)8-9-3-4-10-11(7-9)18-13-12(16-10)14-5-6-15-13/h3-7H,8H2,1-2H3,(H,14,16). The van der Waals surface area contributed by atoms with Crippen molar-refractivity contribution in [3.63, 3.8) is 0 Å². The van der Waals surface area contributed by atoms with Gasteiger partial charge in [-0.2, -0.15) is 0 Å². The van der Waals surface area contributed by atoms with Crippen LogP contribution in [0.5, 0.6) is 0 Å². The molecule has 2 aromatic rings. The molecule has 1 aliphatic rings. The van der Waals surface area contributed by atoms with Crippen LogP contribution in [-0.2, 0) is 6.54 Å². The summed E-state index contributed by atoms with van der Waals surface area (Å²) in [6, 6.07) is 6.47. The number of nitrogens with one attached hydrogen (secondary N) is 1. The number of benzene rings is 1. The molecule has 4 nitrogen and oxygen atoms in total. The first-order chi connectivity index (χ1) is 8.72. The quantitative estimate of drug-likeness (QED) is 0.765. The van der Waals surface area contributed by atoms with Gasteiger partial charge in [-0.1, -0.05) is 17.8 Å². The highest BCUT2D eigenvalue weighted by atomic mass is 32.2. The SMILES string of the molecule is CN(C)Cc1ccc2c(c1)Sc1nccnc1N2. The Morgan fingerprint density at radius 2 is 2.06 bits per heavy atom. The Kier molecular flexibility index (Phi) is 2.93. The highest BCUT2D eigenvalue weighted by molar-refractivity contribution is 7.99. The molecule has 1 N–H and O–H groups in total. The van der Waals surface area contributed by atoms with Gasteiger partial charge in [0.25, 0.3) is 0 Å². The Hall–Kier alpha value is -1.59. The lowest BCUT2D eigenvalue weighted by Gasteiger charge is -2.20. The van der Waals surface area contributed by atoms with Crippen molar-refractivity contribution in [1.29, 1.82) is 0 Å². The van der Waals surface area contributed by atoms with Gasteiger partial charge in [-0.25, -0.2) is 9.97 Å². The topological polar surface area (TPSA) is 41.1 Å². The molecular weight excluding hydrogens is 244 g/mol. The third-order valence-electron chi connectivity index (χ3n) is 2.67. The maximum absolute atomic E-state index is 4.34. The maximum Gasteiger partial charge on any atom is 0.163 e. The molecule has 0 atom stereocenters. The van der Waals surface area contributed by atoms with Crippen LogP contribution in [0.15, 0.2) is 40.5 Å². The van der Waals surface area contributed by atoms with Gasteiger partial charge in [0, 0.05) is 23.8 Å². The average Bonchev–Trinajstić information content (AvgIpc) is 2.35. The molecule has 2 heterocycles. The number of nitrogens with zero attached hydrogens (tertiary/aromatic N) is 3. The fourth-order valence-corrected chi connectivity index (χ4v) is 2.90. The van der Waals surface area contributed by atoms with Crippen LogP contribution in [0.2, 0.25) is 0 Å². The van der Waals surface area contributed by atoms with Gasteiger partial charge >= 0.3 is 0 Å². The van der Waals surface area contributed by atoms with Crippen LogP contribution in [0.3, 0.4) is 0 Å². The minimum Gasteiger partial charge on any atom is -0.337 e. The van der Waals surface area contributed by atoms with Gasteiger partial charge in [0.15, 0.2) is 5.82 Å². The van der Waals surface area contributed by atoms with E-state index >= 15 is 0 Å². The molecule has 1 aromatic heterocycles. The van der Waals surface area contributed by atoms with E-state index < -0.39 is 0 Å². The van der Waals surface area contributed by atoms with Crippen LogP contribution >= 0.6 is 11.8 Å². The summed E-state index contributed by atoms with van der Waals surface area (Å²) in [5.41, 5.74) is 2.41. The zero-order valence-electron chi connectivity index (χ0n) is 10.3. The molecule has 0 aliphatic carbocycles. The third-order valence-corrected chi connectivity index (χ3v) is 3.72. The summed E-state index contributed by atoms with van der Waals surface area (Å²) < 4.78 is 0. The van der Waals surface area contributed by atoms with E-state index in [1.54, 1.807) is 24.2 Å². The zero-order chi connectivity index (χ0) is 12.5. The Morgan fingerprint density at radius 1 is 1.22 bits per heavy atom. The van der Waals surface area contributed by atoms with Gasteiger partial charge in [-0.15, -0.1) is 0 Å². The Morgan fingerprint density at radius 3 is 2.89 bits per heavy atom. The summed E-state index contributed by atoms with van der Waals surface area (Å²) >= 11 is 1.67. The fraction of sp³-hybridized carbons (Fsp3) is 0.231. The van der Waals surface area contributed by atoms with Gasteiger partial charge in [0.05, 0.1) is 5.69 Å². The lowest BCUT2D eigenvalue weighted by Crippen LogP contribution is -2.11. The van der Waals surface area contributed by atoms with Crippen LogP contribution in [-0.4, -0.2) is 29.0 Å². The highest BCUT2D eigenvalue weighted by Gasteiger charge is 2.17. The van der Waals surface area contributed by atoms with E-state index in [1.807, 2.05) is 0 Å². The van der Waals surface area contributed by atoms with Crippen molar-refractivity contribution in [2.24, 2.45) is 0 Å². The lowest BCUT2D eigenvalue weighted by atomic mass is 10.2. The largest absolute Gasteiger partial charge is 0.337 e. The second kappa shape index (κ2) is 4.59. The Bertz CT molecular complexity index is 583.